The van der Waals surface area contributed by atoms with Gasteiger partial charge in [0.15, 0.2) is 0 Å². The summed E-state index contributed by atoms with van der Waals surface area (Å²) in [5.41, 5.74) is 1.21. The molecule has 20 heavy (non-hydrogen) atoms. The Balaban J connectivity index is 2.51. The Labute approximate surface area is 125 Å². The van der Waals surface area contributed by atoms with Gasteiger partial charge < -0.3 is 9.47 Å². The molecule has 0 radical (unpaired) electrons. The minimum atomic E-state index is -0.399. The molecular formula is C15H22ClNO3. The smallest absolute Gasteiger partial charge is 0.338 e. The third-order valence-electron chi connectivity index (χ3n) is 2.55. The predicted octanol–water partition coefficient (Wildman–Crippen LogP) is 3.69. The Morgan fingerprint density at radius 2 is 1.95 bits per heavy atom. The van der Waals surface area contributed by atoms with E-state index in [0.717, 1.165) is 5.69 Å². The highest BCUT2D eigenvalue weighted by Gasteiger charge is 2.12. The van der Waals surface area contributed by atoms with Gasteiger partial charge in [-0.3, -0.25) is 0 Å². The van der Waals surface area contributed by atoms with Crippen molar-refractivity contribution in [2.75, 3.05) is 19.8 Å². The van der Waals surface area contributed by atoms with Gasteiger partial charge in [-0.2, -0.15) is 0 Å². The molecule has 0 aromatic carbocycles. The van der Waals surface area contributed by atoms with Gasteiger partial charge >= 0.3 is 5.97 Å². The lowest BCUT2D eigenvalue weighted by Gasteiger charge is -2.10. The van der Waals surface area contributed by atoms with E-state index in [-0.39, 0.29) is 12.5 Å². The molecule has 0 N–H and O–H groups in total. The van der Waals surface area contributed by atoms with E-state index >= 15 is 0 Å². The van der Waals surface area contributed by atoms with E-state index in [0.29, 0.717) is 29.8 Å². The number of carbonyl (C=O) groups excluding carboxylic acids is 1. The summed E-state index contributed by atoms with van der Waals surface area (Å²) in [6, 6.07) is 3.23. The number of hydrogen-bond acceptors (Lipinski definition) is 4. The first-order valence-electron chi connectivity index (χ1n) is 6.82. The molecule has 5 heteroatoms. The molecule has 112 valence electrons. The number of halogens is 1. The zero-order valence-corrected chi connectivity index (χ0v) is 13.2. The number of ether oxygens (including phenoxy) is 2. The van der Waals surface area contributed by atoms with Crippen LogP contribution in [0.2, 0.25) is 5.15 Å². The van der Waals surface area contributed by atoms with Crippen molar-refractivity contribution in [3.8, 4) is 0 Å². The van der Waals surface area contributed by atoms with Crippen molar-refractivity contribution in [1.82, 2.24) is 4.98 Å². The summed E-state index contributed by atoms with van der Waals surface area (Å²) in [6.45, 7) is 9.43. The van der Waals surface area contributed by atoms with Crippen LogP contribution in [0.5, 0.6) is 0 Å². The van der Waals surface area contributed by atoms with Crippen molar-refractivity contribution in [3.05, 3.63) is 28.5 Å². The summed E-state index contributed by atoms with van der Waals surface area (Å²) < 4.78 is 10.5. The van der Waals surface area contributed by atoms with Crippen molar-refractivity contribution >= 4 is 17.6 Å². The Kier molecular flexibility index (Phi) is 6.96. The normalized spacial score (nSPS) is 11.2. The third kappa shape index (κ3) is 5.88. The summed E-state index contributed by atoms with van der Waals surface area (Å²) >= 11 is 5.91. The van der Waals surface area contributed by atoms with Crippen LogP contribution in [0.3, 0.4) is 0 Å². The van der Waals surface area contributed by atoms with Crippen molar-refractivity contribution in [3.63, 3.8) is 0 Å². The zero-order chi connectivity index (χ0) is 15.1. The summed E-state index contributed by atoms with van der Waals surface area (Å²) in [5.74, 6) is 0.275. The first-order chi connectivity index (χ1) is 9.40. The Hall–Kier alpha value is -1.13. The molecule has 1 aromatic heterocycles. The van der Waals surface area contributed by atoms with Gasteiger partial charge in [0, 0.05) is 12.3 Å². The molecule has 1 rings (SSSR count). The zero-order valence-electron chi connectivity index (χ0n) is 12.5. The van der Waals surface area contributed by atoms with Crippen molar-refractivity contribution in [2.24, 2.45) is 5.92 Å². The number of rotatable bonds is 7. The van der Waals surface area contributed by atoms with E-state index in [1.807, 2.05) is 13.8 Å². The van der Waals surface area contributed by atoms with E-state index in [1.54, 1.807) is 6.07 Å². The molecule has 1 aromatic rings. The maximum Gasteiger partial charge on any atom is 0.338 e. The highest BCUT2D eigenvalue weighted by Crippen LogP contribution is 2.18. The van der Waals surface area contributed by atoms with Gasteiger partial charge in [0.05, 0.1) is 12.2 Å². The minimum Gasteiger partial charge on any atom is -0.460 e. The van der Waals surface area contributed by atoms with Crippen LogP contribution in [0.1, 0.15) is 49.7 Å². The largest absolute Gasteiger partial charge is 0.460 e. The molecule has 0 aliphatic carbocycles. The minimum absolute atomic E-state index is 0.203. The number of nitrogens with zero attached hydrogens (tertiary/aromatic N) is 1. The van der Waals surface area contributed by atoms with Gasteiger partial charge in [-0.1, -0.05) is 39.3 Å². The number of aromatic nitrogens is 1. The molecular weight excluding hydrogens is 278 g/mol. The van der Waals surface area contributed by atoms with Crippen LogP contribution in [0.15, 0.2) is 12.1 Å². The second-order valence-corrected chi connectivity index (χ2v) is 5.75. The summed E-state index contributed by atoms with van der Waals surface area (Å²) in [5, 5.41) is 0.305. The number of carbonyl (C=O) groups is 1. The molecule has 4 nitrogen and oxygen atoms in total. The summed E-state index contributed by atoms with van der Waals surface area (Å²) in [4.78, 5) is 16.1. The summed E-state index contributed by atoms with van der Waals surface area (Å²) in [6.07, 6.45) is 0. The summed E-state index contributed by atoms with van der Waals surface area (Å²) in [7, 11) is 0. The van der Waals surface area contributed by atoms with Gasteiger partial charge in [-0.25, -0.2) is 9.78 Å². The fourth-order valence-corrected chi connectivity index (χ4v) is 1.74. The Morgan fingerprint density at radius 1 is 1.25 bits per heavy atom. The highest BCUT2D eigenvalue weighted by molar-refractivity contribution is 6.29. The fraction of sp³-hybridized carbons (Fsp3) is 0.600. The van der Waals surface area contributed by atoms with Gasteiger partial charge in [0.25, 0.3) is 0 Å². The molecule has 0 amide bonds. The van der Waals surface area contributed by atoms with Crippen LogP contribution in [0.4, 0.5) is 0 Å². The van der Waals surface area contributed by atoms with Crippen LogP contribution >= 0.6 is 11.6 Å². The molecule has 0 saturated heterocycles. The van der Waals surface area contributed by atoms with E-state index in [2.05, 4.69) is 18.8 Å². The Morgan fingerprint density at radius 3 is 2.55 bits per heavy atom. The topological polar surface area (TPSA) is 48.4 Å². The molecule has 0 aliphatic rings. The van der Waals surface area contributed by atoms with Gasteiger partial charge in [-0.05, 0) is 24.0 Å². The van der Waals surface area contributed by atoms with Gasteiger partial charge in [0.1, 0.15) is 11.8 Å². The quantitative estimate of drug-likeness (QED) is 0.438. The van der Waals surface area contributed by atoms with Crippen molar-refractivity contribution in [2.45, 2.75) is 33.6 Å². The maximum atomic E-state index is 11.9. The molecule has 1 heterocycles. The molecule has 0 spiro atoms. The maximum absolute atomic E-state index is 11.9. The molecule has 0 bridgehead atoms. The SMILES string of the molecule is CC(C)COCCOC(=O)c1cc(Cl)nc(C(C)C)c1. The second kappa shape index (κ2) is 8.22. The predicted molar refractivity (Wildman–Crippen MR) is 79.3 cm³/mol. The van der Waals surface area contributed by atoms with Crippen LogP contribution in [0, 0.1) is 5.92 Å². The average Bonchev–Trinajstić information content (AvgIpc) is 2.36. The van der Waals surface area contributed by atoms with E-state index < -0.39 is 5.97 Å². The van der Waals surface area contributed by atoms with E-state index in [4.69, 9.17) is 21.1 Å². The van der Waals surface area contributed by atoms with E-state index in [1.165, 1.54) is 6.07 Å². The van der Waals surface area contributed by atoms with Crippen LogP contribution < -0.4 is 0 Å². The molecule has 0 atom stereocenters. The van der Waals surface area contributed by atoms with Crippen LogP contribution in [-0.4, -0.2) is 30.8 Å². The first kappa shape index (κ1) is 16.9. The van der Waals surface area contributed by atoms with Crippen molar-refractivity contribution < 1.29 is 14.3 Å². The fourth-order valence-electron chi connectivity index (χ4n) is 1.53. The van der Waals surface area contributed by atoms with Crippen LogP contribution in [-0.2, 0) is 9.47 Å². The standard InChI is InChI=1S/C15H22ClNO3/c1-10(2)9-19-5-6-20-15(18)12-7-13(11(3)4)17-14(16)8-12/h7-8,10-11H,5-6,9H2,1-4H3. The molecule has 0 aliphatic heterocycles. The Bertz CT molecular complexity index is 447. The second-order valence-electron chi connectivity index (χ2n) is 5.36. The number of esters is 1. The van der Waals surface area contributed by atoms with Crippen LogP contribution in [0.25, 0.3) is 0 Å². The van der Waals surface area contributed by atoms with Gasteiger partial charge in [-0.15, -0.1) is 0 Å². The van der Waals surface area contributed by atoms with Gasteiger partial charge in [0.2, 0.25) is 0 Å². The third-order valence-corrected chi connectivity index (χ3v) is 2.75. The van der Waals surface area contributed by atoms with Crippen molar-refractivity contribution in [1.29, 1.82) is 0 Å². The molecule has 0 fully saturated rings. The van der Waals surface area contributed by atoms with E-state index in [9.17, 15) is 4.79 Å². The highest BCUT2D eigenvalue weighted by atomic mass is 35.5. The lowest BCUT2D eigenvalue weighted by Crippen LogP contribution is -2.13. The lowest BCUT2D eigenvalue weighted by atomic mass is 10.1. The molecule has 0 saturated carbocycles. The monoisotopic (exact) mass is 299 g/mol. The number of hydrogen-bond donors (Lipinski definition) is 0. The number of pyridine rings is 1. The molecule has 0 unspecified atom stereocenters. The first-order valence-corrected chi connectivity index (χ1v) is 7.20. The average molecular weight is 300 g/mol. The lowest BCUT2D eigenvalue weighted by molar-refractivity contribution is 0.0277.